The molecule has 6 heteroatoms. The van der Waals surface area contributed by atoms with Crippen molar-refractivity contribution in [3.05, 3.63) is 64.4 Å². The molecule has 1 N–H and O–H groups in total. The molecular formula is C18H15ClFNO3. The third-order valence-electron chi connectivity index (χ3n) is 3.63. The SMILES string of the molecule is CC(NC(=O)C=Cc1ccc(Cl)cc1F)c1ccc2c(c1)OCO2. The van der Waals surface area contributed by atoms with Crippen LogP contribution < -0.4 is 14.8 Å². The quantitative estimate of drug-likeness (QED) is 0.847. The number of hydrogen-bond acceptors (Lipinski definition) is 3. The molecule has 2 aromatic rings. The van der Waals surface area contributed by atoms with Gasteiger partial charge in [-0.1, -0.05) is 23.7 Å². The van der Waals surface area contributed by atoms with Crippen molar-refractivity contribution in [2.75, 3.05) is 6.79 Å². The number of amides is 1. The second kappa shape index (κ2) is 6.93. The van der Waals surface area contributed by atoms with Gasteiger partial charge in [-0.25, -0.2) is 4.39 Å². The van der Waals surface area contributed by atoms with E-state index in [9.17, 15) is 9.18 Å². The van der Waals surface area contributed by atoms with Crippen molar-refractivity contribution in [1.29, 1.82) is 0 Å². The third-order valence-corrected chi connectivity index (χ3v) is 3.87. The van der Waals surface area contributed by atoms with Crippen molar-refractivity contribution >= 4 is 23.6 Å². The van der Waals surface area contributed by atoms with Gasteiger partial charge in [0, 0.05) is 16.7 Å². The van der Waals surface area contributed by atoms with Gasteiger partial charge in [0.05, 0.1) is 6.04 Å². The van der Waals surface area contributed by atoms with Crippen LogP contribution in [-0.4, -0.2) is 12.7 Å². The summed E-state index contributed by atoms with van der Waals surface area (Å²) >= 11 is 5.69. The van der Waals surface area contributed by atoms with Crippen LogP contribution in [-0.2, 0) is 4.79 Å². The Morgan fingerprint density at radius 1 is 1.25 bits per heavy atom. The van der Waals surface area contributed by atoms with E-state index in [0.717, 1.165) is 5.56 Å². The molecule has 1 aliphatic rings. The van der Waals surface area contributed by atoms with E-state index in [1.807, 2.05) is 19.1 Å². The maximum absolute atomic E-state index is 13.7. The summed E-state index contributed by atoms with van der Waals surface area (Å²) < 4.78 is 24.2. The molecule has 2 aromatic carbocycles. The number of carbonyl (C=O) groups excluding carboxylic acids is 1. The van der Waals surface area contributed by atoms with Crippen molar-refractivity contribution in [2.45, 2.75) is 13.0 Å². The summed E-state index contributed by atoms with van der Waals surface area (Å²) in [7, 11) is 0. The summed E-state index contributed by atoms with van der Waals surface area (Å²) in [4.78, 5) is 12.0. The third kappa shape index (κ3) is 3.68. The van der Waals surface area contributed by atoms with Crippen LogP contribution in [0.15, 0.2) is 42.5 Å². The van der Waals surface area contributed by atoms with Gasteiger partial charge in [-0.2, -0.15) is 0 Å². The van der Waals surface area contributed by atoms with E-state index in [0.29, 0.717) is 22.1 Å². The van der Waals surface area contributed by atoms with Crippen LogP contribution in [0.5, 0.6) is 11.5 Å². The van der Waals surface area contributed by atoms with E-state index in [4.69, 9.17) is 21.1 Å². The van der Waals surface area contributed by atoms with Gasteiger partial charge in [0.2, 0.25) is 12.7 Å². The van der Waals surface area contributed by atoms with Gasteiger partial charge in [0.15, 0.2) is 11.5 Å². The molecule has 0 spiro atoms. The summed E-state index contributed by atoms with van der Waals surface area (Å²) in [6.07, 6.45) is 2.70. The highest BCUT2D eigenvalue weighted by atomic mass is 35.5. The van der Waals surface area contributed by atoms with E-state index in [-0.39, 0.29) is 18.7 Å². The van der Waals surface area contributed by atoms with Gasteiger partial charge >= 0.3 is 0 Å². The largest absolute Gasteiger partial charge is 0.454 e. The van der Waals surface area contributed by atoms with Crippen LogP contribution in [0, 0.1) is 5.82 Å². The van der Waals surface area contributed by atoms with Crippen molar-refractivity contribution in [1.82, 2.24) is 5.32 Å². The van der Waals surface area contributed by atoms with E-state index in [1.165, 1.54) is 24.3 Å². The molecule has 0 radical (unpaired) electrons. The van der Waals surface area contributed by atoms with Crippen molar-refractivity contribution in [2.24, 2.45) is 0 Å². The highest BCUT2D eigenvalue weighted by Gasteiger charge is 2.16. The normalized spacial score (nSPS) is 14.0. The fraction of sp³-hybridized carbons (Fsp3) is 0.167. The minimum Gasteiger partial charge on any atom is -0.454 e. The number of ether oxygens (including phenoxy) is 2. The summed E-state index contributed by atoms with van der Waals surface area (Å²) in [5, 5.41) is 3.13. The number of nitrogens with one attached hydrogen (secondary N) is 1. The highest BCUT2D eigenvalue weighted by Crippen LogP contribution is 2.34. The molecule has 124 valence electrons. The van der Waals surface area contributed by atoms with Gasteiger partial charge < -0.3 is 14.8 Å². The molecule has 0 fully saturated rings. The van der Waals surface area contributed by atoms with E-state index < -0.39 is 5.82 Å². The number of benzene rings is 2. The maximum Gasteiger partial charge on any atom is 0.244 e. The first kappa shape index (κ1) is 16.3. The fourth-order valence-electron chi connectivity index (χ4n) is 2.33. The lowest BCUT2D eigenvalue weighted by atomic mass is 10.1. The number of rotatable bonds is 4. The lowest BCUT2D eigenvalue weighted by molar-refractivity contribution is -0.117. The molecule has 0 bridgehead atoms. The Balaban J connectivity index is 1.64. The summed E-state index contributed by atoms with van der Waals surface area (Å²) in [5.41, 5.74) is 1.18. The standard InChI is InChI=1S/C18H15ClFNO3/c1-11(13-3-6-16-17(8-13)24-10-23-16)21-18(22)7-4-12-2-5-14(19)9-15(12)20/h2-9,11H,10H2,1H3,(H,21,22). The van der Waals surface area contributed by atoms with Crippen molar-refractivity contribution in [3.63, 3.8) is 0 Å². The molecule has 1 amide bonds. The summed E-state index contributed by atoms with van der Waals surface area (Å²) in [5.74, 6) is 0.549. The lowest BCUT2D eigenvalue weighted by Gasteiger charge is -2.13. The topological polar surface area (TPSA) is 47.6 Å². The Morgan fingerprint density at radius 2 is 2.04 bits per heavy atom. The van der Waals surface area contributed by atoms with Crippen molar-refractivity contribution in [3.8, 4) is 11.5 Å². The second-order valence-corrected chi connectivity index (χ2v) is 5.78. The summed E-state index contributed by atoms with van der Waals surface area (Å²) in [6.45, 7) is 2.06. The second-order valence-electron chi connectivity index (χ2n) is 5.34. The smallest absolute Gasteiger partial charge is 0.244 e. The molecule has 0 aliphatic carbocycles. The number of halogens is 2. The zero-order chi connectivity index (χ0) is 17.1. The molecule has 1 unspecified atom stereocenters. The average molecular weight is 348 g/mol. The predicted molar refractivity (Wildman–Crippen MR) is 89.6 cm³/mol. The minimum absolute atomic E-state index is 0.203. The number of fused-ring (bicyclic) bond motifs is 1. The van der Waals surface area contributed by atoms with Gasteiger partial charge in [-0.3, -0.25) is 4.79 Å². The first-order valence-electron chi connectivity index (χ1n) is 7.36. The Hall–Kier alpha value is -2.53. The highest BCUT2D eigenvalue weighted by molar-refractivity contribution is 6.30. The minimum atomic E-state index is -0.477. The molecule has 0 saturated heterocycles. The van der Waals surface area contributed by atoms with Gasteiger partial charge in [0.25, 0.3) is 0 Å². The molecular weight excluding hydrogens is 333 g/mol. The molecule has 0 aromatic heterocycles. The van der Waals surface area contributed by atoms with E-state index >= 15 is 0 Å². The molecule has 1 aliphatic heterocycles. The van der Waals surface area contributed by atoms with Crippen LogP contribution in [0.25, 0.3) is 6.08 Å². The first-order chi connectivity index (χ1) is 11.5. The Labute approximate surface area is 143 Å². The van der Waals surface area contributed by atoms with Crippen molar-refractivity contribution < 1.29 is 18.7 Å². The molecule has 3 rings (SSSR count). The monoisotopic (exact) mass is 347 g/mol. The van der Waals surface area contributed by atoms with Crippen LogP contribution in [0.3, 0.4) is 0 Å². The maximum atomic E-state index is 13.7. The fourth-order valence-corrected chi connectivity index (χ4v) is 2.49. The van der Waals surface area contributed by atoms with E-state index in [2.05, 4.69) is 5.32 Å². The Kier molecular flexibility index (Phi) is 4.71. The first-order valence-corrected chi connectivity index (χ1v) is 7.74. The van der Waals surface area contributed by atoms with Gasteiger partial charge in [0.1, 0.15) is 5.82 Å². The van der Waals surface area contributed by atoms with E-state index in [1.54, 1.807) is 12.1 Å². The molecule has 0 saturated carbocycles. The molecule has 24 heavy (non-hydrogen) atoms. The molecule has 1 heterocycles. The van der Waals surface area contributed by atoms with Crippen LogP contribution in [0.2, 0.25) is 5.02 Å². The number of carbonyl (C=O) groups is 1. The molecule has 4 nitrogen and oxygen atoms in total. The van der Waals surface area contributed by atoms with Crippen LogP contribution >= 0.6 is 11.6 Å². The Morgan fingerprint density at radius 3 is 2.83 bits per heavy atom. The zero-order valence-corrected chi connectivity index (χ0v) is 13.6. The Bertz CT molecular complexity index is 807. The van der Waals surface area contributed by atoms with Gasteiger partial charge in [-0.15, -0.1) is 0 Å². The lowest BCUT2D eigenvalue weighted by Crippen LogP contribution is -2.24. The van der Waals surface area contributed by atoms with Crippen LogP contribution in [0.1, 0.15) is 24.1 Å². The number of hydrogen-bond donors (Lipinski definition) is 1. The van der Waals surface area contributed by atoms with Crippen LogP contribution in [0.4, 0.5) is 4.39 Å². The molecule has 1 atom stereocenters. The zero-order valence-electron chi connectivity index (χ0n) is 12.9. The summed E-state index contributed by atoms with van der Waals surface area (Å²) in [6, 6.07) is 9.55. The predicted octanol–water partition coefficient (Wildman–Crippen LogP) is 4.10. The average Bonchev–Trinajstić information content (AvgIpc) is 3.01. The van der Waals surface area contributed by atoms with Gasteiger partial charge in [-0.05, 0) is 42.8 Å².